The van der Waals surface area contributed by atoms with E-state index in [1.807, 2.05) is 11.3 Å². The minimum atomic E-state index is 0.724. The number of nitrogens with one attached hydrogen (secondary N) is 1. The molecule has 0 radical (unpaired) electrons. The van der Waals surface area contributed by atoms with Crippen LogP contribution in [0.1, 0.15) is 47.7 Å². The molecule has 0 unspecified atom stereocenters. The lowest BCUT2D eigenvalue weighted by molar-refractivity contribution is 0.256. The highest BCUT2D eigenvalue weighted by Crippen LogP contribution is 2.33. The van der Waals surface area contributed by atoms with Crippen molar-refractivity contribution in [1.82, 2.24) is 15.2 Å². The number of thiazole rings is 1. The van der Waals surface area contributed by atoms with Crippen molar-refractivity contribution in [1.29, 1.82) is 0 Å². The number of nitrogens with zero attached hydrogens (tertiary/aromatic N) is 2. The van der Waals surface area contributed by atoms with Gasteiger partial charge in [0.05, 0.1) is 10.7 Å². The molecular weight excluding hydrogens is 242 g/mol. The molecule has 0 saturated carbocycles. The van der Waals surface area contributed by atoms with E-state index in [1.54, 1.807) is 4.88 Å². The third kappa shape index (κ3) is 2.60. The zero-order valence-corrected chi connectivity index (χ0v) is 12.1. The maximum Gasteiger partial charge on any atom is 0.0963 e. The zero-order valence-electron chi connectivity index (χ0n) is 11.2. The Morgan fingerprint density at radius 2 is 2.22 bits per heavy atom. The van der Waals surface area contributed by atoms with Gasteiger partial charge in [-0.25, -0.2) is 4.98 Å². The predicted octanol–water partition coefficient (Wildman–Crippen LogP) is 2.38. The summed E-state index contributed by atoms with van der Waals surface area (Å²) in [4.78, 5) is 9.05. The molecule has 1 fully saturated rings. The molecule has 1 saturated heterocycles. The topological polar surface area (TPSA) is 28.2 Å². The van der Waals surface area contributed by atoms with Gasteiger partial charge in [0.2, 0.25) is 0 Å². The molecule has 2 aliphatic rings. The van der Waals surface area contributed by atoms with E-state index in [9.17, 15) is 0 Å². The van der Waals surface area contributed by atoms with Crippen LogP contribution in [0.2, 0.25) is 0 Å². The van der Waals surface area contributed by atoms with E-state index in [0.717, 1.165) is 32.0 Å². The van der Waals surface area contributed by atoms with Crippen LogP contribution in [-0.2, 0) is 13.0 Å². The van der Waals surface area contributed by atoms with Crippen LogP contribution in [0, 0.1) is 0 Å². The number of hydrogen-bond acceptors (Lipinski definition) is 4. The summed E-state index contributed by atoms with van der Waals surface area (Å²) in [6, 6.07) is 0. The highest BCUT2D eigenvalue weighted by Gasteiger charge is 2.24. The molecule has 0 aliphatic carbocycles. The van der Waals surface area contributed by atoms with Gasteiger partial charge in [0.15, 0.2) is 0 Å². The lowest BCUT2D eigenvalue weighted by atomic mass is 9.99. The van der Waals surface area contributed by atoms with Gasteiger partial charge in [-0.15, -0.1) is 11.3 Å². The maximum absolute atomic E-state index is 4.93. The van der Waals surface area contributed by atoms with Gasteiger partial charge in [-0.05, 0) is 38.9 Å². The van der Waals surface area contributed by atoms with E-state index in [-0.39, 0.29) is 0 Å². The zero-order chi connectivity index (χ0) is 12.4. The van der Waals surface area contributed by atoms with Crippen LogP contribution in [0.5, 0.6) is 0 Å². The summed E-state index contributed by atoms with van der Waals surface area (Å²) in [5, 5.41) is 4.86. The summed E-state index contributed by atoms with van der Waals surface area (Å²) in [7, 11) is 0. The predicted molar refractivity (Wildman–Crippen MR) is 76.2 cm³/mol. The standard InChI is InChI=1S/C14H23N3S/c1-2-8-17-9-5-12-13(10-17)18-14(16-12)11-3-6-15-7-4-11/h11,15H,2-10H2,1H3. The second-order valence-electron chi connectivity index (χ2n) is 5.47. The van der Waals surface area contributed by atoms with Crippen molar-refractivity contribution in [3.8, 4) is 0 Å². The fourth-order valence-electron chi connectivity index (χ4n) is 3.02. The first-order valence-electron chi connectivity index (χ1n) is 7.28. The molecule has 0 aromatic carbocycles. The molecule has 100 valence electrons. The molecule has 3 heterocycles. The lowest BCUT2D eigenvalue weighted by Crippen LogP contribution is -2.30. The van der Waals surface area contributed by atoms with Crippen molar-refractivity contribution in [2.24, 2.45) is 0 Å². The van der Waals surface area contributed by atoms with Gasteiger partial charge in [0.25, 0.3) is 0 Å². The van der Waals surface area contributed by atoms with Crippen LogP contribution in [0.3, 0.4) is 0 Å². The first-order chi connectivity index (χ1) is 8.86. The molecule has 4 heteroatoms. The van der Waals surface area contributed by atoms with Crippen molar-refractivity contribution in [3.63, 3.8) is 0 Å². The molecular formula is C14H23N3S. The fraction of sp³-hybridized carbons (Fsp3) is 0.786. The van der Waals surface area contributed by atoms with Gasteiger partial charge >= 0.3 is 0 Å². The number of aromatic nitrogens is 1. The van der Waals surface area contributed by atoms with Crippen molar-refractivity contribution < 1.29 is 0 Å². The Balaban J connectivity index is 1.72. The van der Waals surface area contributed by atoms with E-state index < -0.39 is 0 Å². The minimum absolute atomic E-state index is 0.724. The van der Waals surface area contributed by atoms with Gasteiger partial charge < -0.3 is 5.32 Å². The summed E-state index contributed by atoms with van der Waals surface area (Å²) in [5.74, 6) is 0.724. The molecule has 1 aromatic heterocycles. The molecule has 3 nitrogen and oxygen atoms in total. The van der Waals surface area contributed by atoms with Gasteiger partial charge in [-0.1, -0.05) is 6.92 Å². The minimum Gasteiger partial charge on any atom is -0.317 e. The summed E-state index contributed by atoms with van der Waals surface area (Å²) < 4.78 is 0. The number of rotatable bonds is 3. The lowest BCUT2D eigenvalue weighted by Gasteiger charge is -2.25. The SMILES string of the molecule is CCCN1CCc2nc(C3CCNCC3)sc2C1. The van der Waals surface area contributed by atoms with Crippen LogP contribution < -0.4 is 5.32 Å². The Morgan fingerprint density at radius 3 is 3.00 bits per heavy atom. The first kappa shape index (κ1) is 12.6. The third-order valence-electron chi connectivity index (χ3n) is 4.06. The summed E-state index contributed by atoms with van der Waals surface area (Å²) in [6.07, 6.45) is 4.96. The van der Waals surface area contributed by atoms with Crippen molar-refractivity contribution in [3.05, 3.63) is 15.6 Å². The molecule has 1 N–H and O–H groups in total. The average molecular weight is 265 g/mol. The Bertz CT molecular complexity index is 396. The molecule has 18 heavy (non-hydrogen) atoms. The molecule has 0 spiro atoms. The Hall–Kier alpha value is -0.450. The average Bonchev–Trinajstić information content (AvgIpc) is 2.83. The van der Waals surface area contributed by atoms with Crippen LogP contribution >= 0.6 is 11.3 Å². The second kappa shape index (κ2) is 5.68. The van der Waals surface area contributed by atoms with E-state index in [1.165, 1.54) is 43.1 Å². The monoisotopic (exact) mass is 265 g/mol. The van der Waals surface area contributed by atoms with E-state index in [0.29, 0.717) is 0 Å². The Labute approximate surface area is 114 Å². The Morgan fingerprint density at radius 1 is 1.39 bits per heavy atom. The van der Waals surface area contributed by atoms with Crippen LogP contribution in [0.4, 0.5) is 0 Å². The highest BCUT2D eigenvalue weighted by atomic mass is 32.1. The third-order valence-corrected chi connectivity index (χ3v) is 5.30. The van der Waals surface area contributed by atoms with Gasteiger partial charge in [0.1, 0.15) is 0 Å². The van der Waals surface area contributed by atoms with Crippen molar-refractivity contribution in [2.75, 3.05) is 26.2 Å². The molecule has 0 bridgehead atoms. The summed E-state index contributed by atoms with van der Waals surface area (Å²) in [5.41, 5.74) is 1.40. The quantitative estimate of drug-likeness (QED) is 0.909. The Kier molecular flexibility index (Phi) is 3.97. The van der Waals surface area contributed by atoms with E-state index >= 15 is 0 Å². The number of hydrogen-bond donors (Lipinski definition) is 1. The van der Waals surface area contributed by atoms with Gasteiger partial charge in [0, 0.05) is 30.3 Å². The van der Waals surface area contributed by atoms with Gasteiger partial charge in [-0.2, -0.15) is 0 Å². The largest absolute Gasteiger partial charge is 0.317 e. The molecule has 0 atom stereocenters. The summed E-state index contributed by atoms with van der Waals surface area (Å²) in [6.45, 7) is 8.18. The molecule has 3 rings (SSSR count). The number of fused-ring (bicyclic) bond motifs is 1. The first-order valence-corrected chi connectivity index (χ1v) is 8.10. The number of piperidine rings is 1. The van der Waals surface area contributed by atoms with E-state index in [2.05, 4.69) is 17.1 Å². The van der Waals surface area contributed by atoms with Crippen molar-refractivity contribution >= 4 is 11.3 Å². The highest BCUT2D eigenvalue weighted by molar-refractivity contribution is 7.11. The smallest absolute Gasteiger partial charge is 0.0963 e. The van der Waals surface area contributed by atoms with E-state index in [4.69, 9.17) is 4.98 Å². The van der Waals surface area contributed by atoms with Crippen LogP contribution in [0.25, 0.3) is 0 Å². The van der Waals surface area contributed by atoms with Crippen molar-refractivity contribution in [2.45, 2.75) is 45.1 Å². The van der Waals surface area contributed by atoms with Crippen LogP contribution in [-0.4, -0.2) is 36.1 Å². The normalized spacial score (nSPS) is 22.1. The molecule has 2 aliphatic heterocycles. The molecule has 1 aromatic rings. The van der Waals surface area contributed by atoms with Crippen LogP contribution in [0.15, 0.2) is 0 Å². The summed E-state index contributed by atoms with van der Waals surface area (Å²) >= 11 is 1.99. The fourth-order valence-corrected chi connectivity index (χ4v) is 4.34. The molecule has 0 amide bonds. The second-order valence-corrected chi connectivity index (χ2v) is 6.59. The van der Waals surface area contributed by atoms with Gasteiger partial charge in [-0.3, -0.25) is 4.90 Å². The maximum atomic E-state index is 4.93.